The van der Waals surface area contributed by atoms with Gasteiger partial charge >= 0.3 is 10.2 Å². The van der Waals surface area contributed by atoms with Crippen molar-refractivity contribution in [2.24, 2.45) is 0 Å². The number of amides is 1. The molecule has 0 aromatic carbocycles. The van der Waals surface area contributed by atoms with Crippen molar-refractivity contribution in [3.63, 3.8) is 0 Å². The molecule has 23 heavy (non-hydrogen) atoms. The number of ether oxygens (including phenoxy) is 1. The Balaban J connectivity index is 2.42. The molecule has 1 N–H and O–H groups in total. The topological polar surface area (TPSA) is 91.8 Å². The zero-order valence-corrected chi connectivity index (χ0v) is 14.8. The maximum atomic E-state index is 12.4. The first kappa shape index (κ1) is 17.5. The molecule has 0 fully saturated rings. The highest BCUT2D eigenvalue weighted by Gasteiger charge is 2.32. The van der Waals surface area contributed by atoms with Gasteiger partial charge in [0.1, 0.15) is 12.3 Å². The fourth-order valence-corrected chi connectivity index (χ4v) is 3.13. The lowest BCUT2D eigenvalue weighted by molar-refractivity contribution is 0.0919. The Bertz CT molecular complexity index is 710. The number of fused-ring (bicyclic) bond motifs is 1. The second-order valence-electron chi connectivity index (χ2n) is 6.46. The second-order valence-corrected chi connectivity index (χ2v) is 8.53. The van der Waals surface area contributed by atoms with Crippen LogP contribution in [0.25, 0.3) is 0 Å². The van der Waals surface area contributed by atoms with E-state index in [4.69, 9.17) is 4.74 Å². The molecule has 1 aromatic rings. The molecule has 1 aliphatic heterocycles. The number of hydrogen-bond donors (Lipinski definition) is 1. The predicted octanol–water partition coefficient (Wildman–Crippen LogP) is 0.615. The third kappa shape index (κ3) is 3.73. The largest absolute Gasteiger partial charge is 0.474 e. The molecule has 0 aliphatic carbocycles. The van der Waals surface area contributed by atoms with E-state index in [1.807, 2.05) is 20.8 Å². The Labute approximate surface area is 136 Å². The predicted molar refractivity (Wildman–Crippen MR) is 86.9 cm³/mol. The van der Waals surface area contributed by atoms with E-state index in [0.29, 0.717) is 0 Å². The van der Waals surface area contributed by atoms with Crippen LogP contribution in [0.5, 0.6) is 5.88 Å². The van der Waals surface area contributed by atoms with Crippen LogP contribution in [-0.2, 0) is 10.2 Å². The van der Waals surface area contributed by atoms with Crippen LogP contribution in [0.15, 0.2) is 12.3 Å². The molecule has 9 heteroatoms. The molecule has 0 bridgehead atoms. The molecular formula is C14H22N4O4S. The van der Waals surface area contributed by atoms with E-state index in [-0.39, 0.29) is 36.2 Å². The van der Waals surface area contributed by atoms with Crippen LogP contribution < -0.4 is 14.4 Å². The number of hydrogen-bond acceptors (Lipinski definition) is 5. The van der Waals surface area contributed by atoms with Crippen molar-refractivity contribution in [1.29, 1.82) is 0 Å². The molecule has 1 aromatic heterocycles. The molecule has 0 saturated carbocycles. The summed E-state index contributed by atoms with van der Waals surface area (Å²) >= 11 is 0. The van der Waals surface area contributed by atoms with Gasteiger partial charge in [-0.25, -0.2) is 9.29 Å². The van der Waals surface area contributed by atoms with Gasteiger partial charge in [0.15, 0.2) is 0 Å². The first-order valence-electron chi connectivity index (χ1n) is 7.18. The fraction of sp³-hybridized carbons (Fsp3) is 0.571. The molecule has 128 valence electrons. The van der Waals surface area contributed by atoms with Crippen LogP contribution in [0, 0.1) is 0 Å². The van der Waals surface area contributed by atoms with Gasteiger partial charge in [0.2, 0.25) is 5.88 Å². The molecule has 1 amide bonds. The molecular weight excluding hydrogens is 320 g/mol. The highest BCUT2D eigenvalue weighted by Crippen LogP contribution is 2.32. The van der Waals surface area contributed by atoms with Crippen molar-refractivity contribution in [3.8, 4) is 5.88 Å². The smallest absolute Gasteiger partial charge is 0.303 e. The maximum absolute atomic E-state index is 12.4. The lowest BCUT2D eigenvalue weighted by atomic mass is 10.1. The van der Waals surface area contributed by atoms with Crippen LogP contribution in [0.4, 0.5) is 5.69 Å². The van der Waals surface area contributed by atoms with Gasteiger partial charge in [-0.2, -0.15) is 12.7 Å². The Morgan fingerprint density at radius 2 is 2.04 bits per heavy atom. The molecule has 1 aliphatic rings. The number of carbonyl (C=O) groups excluding carboxylic acids is 1. The van der Waals surface area contributed by atoms with Crippen molar-refractivity contribution < 1.29 is 17.9 Å². The van der Waals surface area contributed by atoms with E-state index in [0.717, 1.165) is 4.31 Å². The lowest BCUT2D eigenvalue weighted by Crippen LogP contribution is -2.45. The quantitative estimate of drug-likeness (QED) is 0.869. The number of pyridine rings is 1. The summed E-state index contributed by atoms with van der Waals surface area (Å²) in [4.78, 5) is 16.4. The number of rotatable bonds is 3. The van der Waals surface area contributed by atoms with Gasteiger partial charge in [-0.3, -0.25) is 4.79 Å². The molecule has 0 radical (unpaired) electrons. The van der Waals surface area contributed by atoms with Gasteiger partial charge in [0.25, 0.3) is 5.91 Å². The first-order chi connectivity index (χ1) is 10.5. The van der Waals surface area contributed by atoms with Gasteiger partial charge in [-0.15, -0.1) is 0 Å². The summed E-state index contributed by atoms with van der Waals surface area (Å²) in [5.41, 5.74) is 0.147. The molecule has 2 heterocycles. The van der Waals surface area contributed by atoms with E-state index >= 15 is 0 Å². The Morgan fingerprint density at radius 1 is 1.39 bits per heavy atom. The first-order valence-corrected chi connectivity index (χ1v) is 8.57. The Morgan fingerprint density at radius 3 is 2.61 bits per heavy atom. The van der Waals surface area contributed by atoms with E-state index in [2.05, 4.69) is 10.3 Å². The van der Waals surface area contributed by atoms with Crippen molar-refractivity contribution in [1.82, 2.24) is 14.6 Å². The molecule has 0 saturated heterocycles. The van der Waals surface area contributed by atoms with E-state index in [1.54, 1.807) is 0 Å². The van der Waals surface area contributed by atoms with Gasteiger partial charge in [0.05, 0.1) is 12.1 Å². The zero-order valence-electron chi connectivity index (χ0n) is 14.0. The number of nitrogens with one attached hydrogen (secondary N) is 1. The lowest BCUT2D eigenvalue weighted by Gasteiger charge is -2.31. The number of aromatic nitrogens is 1. The van der Waals surface area contributed by atoms with Gasteiger partial charge in [0, 0.05) is 25.8 Å². The minimum Gasteiger partial charge on any atom is -0.474 e. The maximum Gasteiger partial charge on any atom is 0.303 e. The summed E-state index contributed by atoms with van der Waals surface area (Å²) in [5.74, 6) is -0.116. The Kier molecular flexibility index (Phi) is 4.54. The summed E-state index contributed by atoms with van der Waals surface area (Å²) in [6, 6.07) is 1.49. The highest BCUT2D eigenvalue weighted by molar-refractivity contribution is 7.90. The summed E-state index contributed by atoms with van der Waals surface area (Å²) < 4.78 is 32.6. The summed E-state index contributed by atoms with van der Waals surface area (Å²) in [5, 5.41) is 2.82. The standard InChI is InChI=1S/C14H22N4O4S/c1-14(2,3)16-12(19)10-8-11-13(15-9-10)22-7-6-18(11)23(20,21)17(4)5/h8-9H,6-7H2,1-5H3,(H,16,19). The van der Waals surface area contributed by atoms with Crippen molar-refractivity contribution >= 4 is 21.8 Å². The van der Waals surface area contributed by atoms with Crippen molar-refractivity contribution in [2.75, 3.05) is 31.6 Å². The summed E-state index contributed by atoms with van der Waals surface area (Å²) in [6.45, 7) is 5.97. The average molecular weight is 342 g/mol. The molecule has 2 rings (SSSR count). The third-order valence-electron chi connectivity index (χ3n) is 3.12. The summed E-state index contributed by atoms with van der Waals surface area (Å²) in [7, 11) is -0.771. The van der Waals surface area contributed by atoms with Crippen LogP contribution in [0.2, 0.25) is 0 Å². The van der Waals surface area contributed by atoms with E-state index < -0.39 is 15.7 Å². The van der Waals surface area contributed by atoms with Gasteiger partial charge < -0.3 is 10.1 Å². The minimum absolute atomic E-state index is 0.166. The van der Waals surface area contributed by atoms with E-state index in [1.165, 1.54) is 30.7 Å². The van der Waals surface area contributed by atoms with Crippen LogP contribution in [-0.4, -0.2) is 56.4 Å². The highest BCUT2D eigenvalue weighted by atomic mass is 32.2. The minimum atomic E-state index is -3.68. The average Bonchev–Trinajstić information content (AvgIpc) is 2.44. The second kappa shape index (κ2) is 5.97. The SMILES string of the molecule is CN(C)S(=O)(=O)N1CCOc2ncc(C(=O)NC(C)(C)C)cc21. The van der Waals surface area contributed by atoms with Crippen LogP contribution >= 0.6 is 0 Å². The molecule has 8 nitrogen and oxygen atoms in total. The zero-order chi connectivity index (χ0) is 17.4. The van der Waals surface area contributed by atoms with Gasteiger partial charge in [-0.1, -0.05) is 0 Å². The molecule has 0 unspecified atom stereocenters. The monoisotopic (exact) mass is 342 g/mol. The normalized spacial score (nSPS) is 15.1. The van der Waals surface area contributed by atoms with Gasteiger partial charge in [-0.05, 0) is 26.8 Å². The van der Waals surface area contributed by atoms with Crippen LogP contribution in [0.3, 0.4) is 0 Å². The number of anilines is 1. The van der Waals surface area contributed by atoms with Crippen molar-refractivity contribution in [2.45, 2.75) is 26.3 Å². The summed E-state index contributed by atoms with van der Waals surface area (Å²) in [6.07, 6.45) is 1.38. The van der Waals surface area contributed by atoms with E-state index in [9.17, 15) is 13.2 Å². The number of nitrogens with zero attached hydrogens (tertiary/aromatic N) is 3. The molecule has 0 atom stereocenters. The molecule has 0 spiro atoms. The third-order valence-corrected chi connectivity index (χ3v) is 4.98. The Hall–Kier alpha value is -1.87. The number of carbonyl (C=O) groups is 1. The van der Waals surface area contributed by atoms with Crippen LogP contribution in [0.1, 0.15) is 31.1 Å². The fourth-order valence-electron chi connectivity index (χ4n) is 2.05. The van der Waals surface area contributed by atoms with Crippen molar-refractivity contribution in [3.05, 3.63) is 17.8 Å².